The second kappa shape index (κ2) is 8.01. The van der Waals surface area contributed by atoms with E-state index in [4.69, 9.17) is 0 Å². The van der Waals surface area contributed by atoms with Gasteiger partial charge in [0.25, 0.3) is 5.56 Å². The Morgan fingerprint density at radius 1 is 0.970 bits per heavy atom. The van der Waals surface area contributed by atoms with Crippen LogP contribution in [0.15, 0.2) is 81.0 Å². The van der Waals surface area contributed by atoms with E-state index in [0.29, 0.717) is 22.6 Å². The van der Waals surface area contributed by atoms with E-state index in [2.05, 4.69) is 41.3 Å². The fourth-order valence-corrected chi connectivity index (χ4v) is 4.41. The lowest BCUT2D eigenvalue weighted by atomic mass is 10.2. The molecule has 33 heavy (non-hydrogen) atoms. The maximum Gasteiger partial charge on any atom is 0.293 e. The molecule has 11 heteroatoms. The van der Waals surface area contributed by atoms with Crippen molar-refractivity contribution in [3.05, 3.63) is 81.7 Å². The van der Waals surface area contributed by atoms with Crippen molar-refractivity contribution < 1.29 is 8.42 Å². The average molecular weight is 523 g/mol. The number of aromatic nitrogens is 5. The van der Waals surface area contributed by atoms with Crippen LogP contribution in [0.25, 0.3) is 27.9 Å². The smallest absolute Gasteiger partial charge is 0.293 e. The number of nitrogens with zero attached hydrogens (tertiary/aromatic N) is 5. The second-order valence-electron chi connectivity index (χ2n) is 7.21. The zero-order valence-corrected chi connectivity index (χ0v) is 19.5. The van der Waals surface area contributed by atoms with Crippen molar-refractivity contribution in [1.82, 2.24) is 24.6 Å². The maximum atomic E-state index is 12.3. The van der Waals surface area contributed by atoms with Gasteiger partial charge in [-0.2, -0.15) is 4.52 Å². The number of rotatable bonds is 4. The minimum absolute atomic E-state index is 0.209. The van der Waals surface area contributed by atoms with Crippen molar-refractivity contribution in [2.45, 2.75) is 4.90 Å². The molecule has 5 rings (SSSR count). The summed E-state index contributed by atoms with van der Waals surface area (Å²) < 4.78 is 25.8. The van der Waals surface area contributed by atoms with Gasteiger partial charge in [-0.1, -0.05) is 12.1 Å². The molecule has 5 aromatic rings. The van der Waals surface area contributed by atoms with Crippen LogP contribution in [0.4, 0.5) is 11.6 Å². The van der Waals surface area contributed by atoms with E-state index in [1.165, 1.54) is 22.8 Å². The van der Waals surface area contributed by atoms with Crippen LogP contribution in [-0.2, 0) is 9.84 Å². The third kappa shape index (κ3) is 3.96. The molecule has 0 aliphatic carbocycles. The topological polar surface area (TPSA) is 119 Å². The Bertz CT molecular complexity index is 1700. The molecular weight excluding hydrogens is 508 g/mol. The largest absolute Gasteiger partial charge is 0.319 e. The SMILES string of the molecule is CS(=O)(=O)c1ccc(-c2nc3c4cccc(Br)c4nc(Nc4ccccnc4=O)n3n2)cc1. The summed E-state index contributed by atoms with van der Waals surface area (Å²) >= 11 is 3.52. The first kappa shape index (κ1) is 21.2. The number of nitrogens with one attached hydrogen (secondary N) is 1. The normalized spacial score (nSPS) is 11.7. The molecule has 0 fully saturated rings. The van der Waals surface area contributed by atoms with E-state index in [9.17, 15) is 13.2 Å². The van der Waals surface area contributed by atoms with Gasteiger partial charge in [0, 0.05) is 27.9 Å². The Labute approximate surface area is 196 Å². The van der Waals surface area contributed by atoms with Gasteiger partial charge in [-0.15, -0.1) is 5.10 Å². The molecule has 0 aliphatic heterocycles. The van der Waals surface area contributed by atoms with Crippen molar-refractivity contribution in [3.8, 4) is 11.4 Å². The van der Waals surface area contributed by atoms with Crippen LogP contribution < -0.4 is 10.9 Å². The second-order valence-corrected chi connectivity index (χ2v) is 10.1. The van der Waals surface area contributed by atoms with Crippen molar-refractivity contribution in [2.24, 2.45) is 0 Å². The van der Waals surface area contributed by atoms with Gasteiger partial charge in [0.1, 0.15) is 5.69 Å². The molecular formula is C22H15BrN6O3S. The monoisotopic (exact) mass is 522 g/mol. The summed E-state index contributed by atoms with van der Waals surface area (Å²) in [5.41, 5.74) is 1.58. The summed E-state index contributed by atoms with van der Waals surface area (Å²) in [4.78, 5) is 25.7. The zero-order valence-electron chi connectivity index (χ0n) is 17.1. The Balaban J connectivity index is 1.73. The number of hydrogen-bond donors (Lipinski definition) is 1. The van der Waals surface area contributed by atoms with Crippen LogP contribution in [0.3, 0.4) is 0 Å². The molecule has 2 aromatic carbocycles. The summed E-state index contributed by atoms with van der Waals surface area (Å²) in [6.07, 6.45) is 2.57. The van der Waals surface area contributed by atoms with Crippen molar-refractivity contribution in [1.29, 1.82) is 0 Å². The number of hydrogen-bond acceptors (Lipinski definition) is 8. The van der Waals surface area contributed by atoms with Gasteiger partial charge in [-0.25, -0.2) is 23.4 Å². The predicted octanol–water partition coefficient (Wildman–Crippen LogP) is 3.61. The van der Waals surface area contributed by atoms with Gasteiger partial charge in [-0.05, 0) is 64.5 Å². The van der Waals surface area contributed by atoms with Gasteiger partial charge in [0.2, 0.25) is 5.95 Å². The molecule has 0 spiro atoms. The molecule has 164 valence electrons. The van der Waals surface area contributed by atoms with Gasteiger partial charge >= 0.3 is 0 Å². The number of para-hydroxylation sites is 1. The first-order valence-corrected chi connectivity index (χ1v) is 12.4. The van der Waals surface area contributed by atoms with Gasteiger partial charge < -0.3 is 5.32 Å². The van der Waals surface area contributed by atoms with Crippen LogP contribution in [0.5, 0.6) is 0 Å². The summed E-state index contributed by atoms with van der Waals surface area (Å²) in [6, 6.07) is 16.9. The maximum absolute atomic E-state index is 12.3. The molecule has 0 amide bonds. The molecule has 1 N–H and O–H groups in total. The lowest BCUT2D eigenvalue weighted by Crippen LogP contribution is -2.11. The van der Waals surface area contributed by atoms with Gasteiger partial charge in [0.05, 0.1) is 10.4 Å². The highest BCUT2D eigenvalue weighted by Crippen LogP contribution is 2.29. The highest BCUT2D eigenvalue weighted by atomic mass is 79.9. The van der Waals surface area contributed by atoms with Crippen molar-refractivity contribution in [2.75, 3.05) is 11.6 Å². The zero-order chi connectivity index (χ0) is 23.2. The van der Waals surface area contributed by atoms with E-state index in [-0.39, 0.29) is 16.5 Å². The van der Waals surface area contributed by atoms with E-state index in [0.717, 1.165) is 16.1 Å². The standard InChI is InChI=1S/C22H15BrN6O3S/c1-33(31,32)14-10-8-13(9-11-14)19-27-20-15-5-4-6-16(23)18(15)26-22(29(20)28-19)25-17-7-2-3-12-24-21(17)30/h2-12H,1H3,(H,24,25,26,30). The Morgan fingerprint density at radius 2 is 1.76 bits per heavy atom. The number of benzene rings is 2. The Hall–Kier alpha value is -3.70. The van der Waals surface area contributed by atoms with Gasteiger partial charge in [-0.3, -0.25) is 4.79 Å². The highest BCUT2D eigenvalue weighted by Gasteiger charge is 2.17. The molecule has 3 aromatic heterocycles. The van der Waals surface area contributed by atoms with E-state index < -0.39 is 15.4 Å². The molecule has 0 unspecified atom stereocenters. The molecule has 0 aliphatic rings. The average Bonchev–Trinajstić information content (AvgIpc) is 3.14. The van der Waals surface area contributed by atoms with Crippen LogP contribution in [0.1, 0.15) is 0 Å². The number of anilines is 2. The summed E-state index contributed by atoms with van der Waals surface area (Å²) in [5, 5.41) is 8.36. The van der Waals surface area contributed by atoms with E-state index in [1.807, 2.05) is 18.2 Å². The van der Waals surface area contributed by atoms with E-state index in [1.54, 1.807) is 30.3 Å². The summed E-state index contributed by atoms with van der Waals surface area (Å²) in [5.74, 6) is 0.660. The molecule has 0 atom stereocenters. The van der Waals surface area contributed by atoms with Crippen LogP contribution in [0, 0.1) is 0 Å². The van der Waals surface area contributed by atoms with E-state index >= 15 is 0 Å². The lowest BCUT2D eigenvalue weighted by molar-refractivity contribution is 0.602. The lowest BCUT2D eigenvalue weighted by Gasteiger charge is -2.08. The van der Waals surface area contributed by atoms with Crippen LogP contribution >= 0.6 is 15.9 Å². The molecule has 9 nitrogen and oxygen atoms in total. The number of halogens is 1. The molecule has 0 bridgehead atoms. The predicted molar refractivity (Wildman–Crippen MR) is 128 cm³/mol. The fraction of sp³-hybridized carbons (Fsp3) is 0.0455. The number of sulfone groups is 1. The Morgan fingerprint density at radius 3 is 2.52 bits per heavy atom. The first-order valence-electron chi connectivity index (χ1n) is 9.69. The quantitative estimate of drug-likeness (QED) is 0.380. The van der Waals surface area contributed by atoms with Crippen LogP contribution in [0.2, 0.25) is 0 Å². The molecule has 0 radical (unpaired) electrons. The minimum atomic E-state index is -3.32. The fourth-order valence-electron chi connectivity index (χ4n) is 3.32. The minimum Gasteiger partial charge on any atom is -0.319 e. The third-order valence-electron chi connectivity index (χ3n) is 4.92. The summed E-state index contributed by atoms with van der Waals surface area (Å²) in [6.45, 7) is 0. The number of fused-ring (bicyclic) bond motifs is 3. The summed E-state index contributed by atoms with van der Waals surface area (Å²) in [7, 11) is -3.32. The Kier molecular flexibility index (Phi) is 5.14. The third-order valence-corrected chi connectivity index (χ3v) is 6.69. The van der Waals surface area contributed by atoms with Crippen LogP contribution in [-0.4, -0.2) is 39.2 Å². The van der Waals surface area contributed by atoms with Crippen molar-refractivity contribution in [3.63, 3.8) is 0 Å². The molecule has 0 saturated carbocycles. The first-order chi connectivity index (χ1) is 15.8. The van der Waals surface area contributed by atoms with Crippen molar-refractivity contribution >= 4 is 54.0 Å². The molecule has 0 saturated heterocycles. The van der Waals surface area contributed by atoms with Gasteiger partial charge in [0.15, 0.2) is 21.3 Å². The highest BCUT2D eigenvalue weighted by molar-refractivity contribution is 9.10. The molecule has 3 heterocycles.